The molecule has 0 spiro atoms. The van der Waals surface area contributed by atoms with Gasteiger partial charge in [0.1, 0.15) is 5.75 Å². The molecule has 16 heavy (non-hydrogen) atoms. The molecule has 0 aliphatic heterocycles. The second-order valence-corrected chi connectivity index (χ2v) is 4.92. The Labute approximate surface area is 98.5 Å². The first kappa shape index (κ1) is 13.0. The summed E-state index contributed by atoms with van der Waals surface area (Å²) in [6.45, 7) is 9.05. The minimum Gasteiger partial charge on any atom is -0.507 e. The second kappa shape index (κ2) is 5.35. The molecule has 0 aliphatic carbocycles. The van der Waals surface area contributed by atoms with E-state index in [0.29, 0.717) is 24.1 Å². The van der Waals surface area contributed by atoms with Crippen LogP contribution in [0, 0.1) is 0 Å². The van der Waals surface area contributed by atoms with Crippen LogP contribution >= 0.6 is 0 Å². The summed E-state index contributed by atoms with van der Waals surface area (Å²) < 4.78 is 0. The van der Waals surface area contributed by atoms with Crippen molar-refractivity contribution in [1.82, 2.24) is 0 Å². The highest BCUT2D eigenvalue weighted by atomic mass is 16.3. The molecule has 0 saturated heterocycles. The van der Waals surface area contributed by atoms with Crippen molar-refractivity contribution in [3.8, 4) is 5.75 Å². The summed E-state index contributed by atoms with van der Waals surface area (Å²) in [4.78, 5) is 0. The summed E-state index contributed by atoms with van der Waals surface area (Å²) in [5, 5.41) is 10.3. The SMILES string of the molecule is CC(C)c1ccc(C(C)C)c(CCN)c1O. The maximum absolute atomic E-state index is 10.3. The number of aromatic hydroxyl groups is 1. The fourth-order valence-electron chi connectivity index (χ4n) is 2.08. The molecule has 90 valence electrons. The fourth-order valence-corrected chi connectivity index (χ4v) is 2.08. The molecule has 2 heteroatoms. The van der Waals surface area contributed by atoms with E-state index in [1.54, 1.807) is 0 Å². The van der Waals surface area contributed by atoms with Crippen molar-refractivity contribution in [1.29, 1.82) is 0 Å². The zero-order valence-corrected chi connectivity index (χ0v) is 10.7. The van der Waals surface area contributed by atoms with Crippen LogP contribution in [0.2, 0.25) is 0 Å². The van der Waals surface area contributed by atoms with Crippen LogP contribution in [0.3, 0.4) is 0 Å². The minimum atomic E-state index is 0.345. The van der Waals surface area contributed by atoms with Crippen molar-refractivity contribution in [2.75, 3.05) is 6.54 Å². The van der Waals surface area contributed by atoms with Gasteiger partial charge >= 0.3 is 0 Å². The van der Waals surface area contributed by atoms with Crippen molar-refractivity contribution in [3.63, 3.8) is 0 Å². The Morgan fingerprint density at radius 3 is 2.00 bits per heavy atom. The molecule has 1 rings (SSSR count). The van der Waals surface area contributed by atoms with Crippen molar-refractivity contribution in [2.45, 2.75) is 46.0 Å². The molecular weight excluding hydrogens is 198 g/mol. The van der Waals surface area contributed by atoms with Crippen molar-refractivity contribution in [3.05, 3.63) is 28.8 Å². The van der Waals surface area contributed by atoms with E-state index >= 15 is 0 Å². The molecule has 0 atom stereocenters. The molecule has 0 bridgehead atoms. The average Bonchev–Trinajstić information content (AvgIpc) is 2.20. The van der Waals surface area contributed by atoms with Gasteiger partial charge in [-0.05, 0) is 41.5 Å². The molecule has 0 fully saturated rings. The Hall–Kier alpha value is -1.02. The number of hydrogen-bond donors (Lipinski definition) is 2. The topological polar surface area (TPSA) is 46.2 Å². The van der Waals surface area contributed by atoms with Gasteiger partial charge in [-0.15, -0.1) is 0 Å². The Morgan fingerprint density at radius 1 is 1.06 bits per heavy atom. The predicted octanol–water partition coefficient (Wildman–Crippen LogP) is 3.14. The number of nitrogens with two attached hydrogens (primary N) is 1. The van der Waals surface area contributed by atoms with E-state index in [4.69, 9.17) is 5.73 Å². The van der Waals surface area contributed by atoms with Gasteiger partial charge in [0, 0.05) is 0 Å². The summed E-state index contributed by atoms with van der Waals surface area (Å²) in [6, 6.07) is 4.17. The Balaban J connectivity index is 3.29. The number of benzene rings is 1. The lowest BCUT2D eigenvalue weighted by atomic mass is 9.89. The third-order valence-corrected chi connectivity index (χ3v) is 2.99. The van der Waals surface area contributed by atoms with Crippen molar-refractivity contribution in [2.24, 2.45) is 5.73 Å². The molecule has 0 aromatic heterocycles. The van der Waals surface area contributed by atoms with E-state index in [0.717, 1.165) is 17.5 Å². The molecule has 0 heterocycles. The summed E-state index contributed by atoms with van der Waals surface area (Å²) in [7, 11) is 0. The molecule has 0 aliphatic rings. The number of phenols is 1. The largest absolute Gasteiger partial charge is 0.507 e. The van der Waals surface area contributed by atoms with Crippen LogP contribution in [-0.4, -0.2) is 11.7 Å². The molecule has 0 radical (unpaired) electrons. The van der Waals surface area contributed by atoms with Crippen LogP contribution in [0.25, 0.3) is 0 Å². The van der Waals surface area contributed by atoms with Gasteiger partial charge in [0.05, 0.1) is 0 Å². The first-order chi connectivity index (χ1) is 7.49. The van der Waals surface area contributed by atoms with Gasteiger partial charge in [0.15, 0.2) is 0 Å². The van der Waals surface area contributed by atoms with Crippen LogP contribution in [0.15, 0.2) is 12.1 Å². The maximum atomic E-state index is 10.3. The molecule has 1 aromatic carbocycles. The third-order valence-electron chi connectivity index (χ3n) is 2.99. The lowest BCUT2D eigenvalue weighted by molar-refractivity contribution is 0.456. The Kier molecular flexibility index (Phi) is 4.36. The van der Waals surface area contributed by atoms with E-state index in [9.17, 15) is 5.11 Å². The van der Waals surface area contributed by atoms with Gasteiger partial charge in [-0.1, -0.05) is 39.8 Å². The van der Waals surface area contributed by atoms with E-state index in [1.807, 2.05) is 6.07 Å². The van der Waals surface area contributed by atoms with Gasteiger partial charge in [-0.2, -0.15) is 0 Å². The first-order valence-corrected chi connectivity index (χ1v) is 6.03. The van der Waals surface area contributed by atoms with Gasteiger partial charge in [0.25, 0.3) is 0 Å². The van der Waals surface area contributed by atoms with Crippen LogP contribution < -0.4 is 5.73 Å². The normalized spacial score (nSPS) is 11.4. The molecule has 0 unspecified atom stereocenters. The molecule has 0 amide bonds. The molecule has 0 saturated carbocycles. The van der Waals surface area contributed by atoms with E-state index in [2.05, 4.69) is 33.8 Å². The third kappa shape index (κ3) is 2.56. The minimum absolute atomic E-state index is 0.345. The first-order valence-electron chi connectivity index (χ1n) is 6.03. The average molecular weight is 221 g/mol. The standard InChI is InChI=1S/C14H23NO/c1-9(2)11-5-6-12(10(3)4)14(16)13(11)7-8-15/h5-6,9-10,16H,7-8,15H2,1-4H3. The predicted molar refractivity (Wildman–Crippen MR) is 69.0 cm³/mol. The van der Waals surface area contributed by atoms with E-state index in [-0.39, 0.29) is 0 Å². The van der Waals surface area contributed by atoms with Crippen LogP contribution in [0.5, 0.6) is 5.75 Å². The molecule has 1 aromatic rings. The van der Waals surface area contributed by atoms with Crippen molar-refractivity contribution >= 4 is 0 Å². The Morgan fingerprint density at radius 2 is 1.56 bits per heavy atom. The summed E-state index contributed by atoms with van der Waals surface area (Å²) in [6.07, 6.45) is 0.750. The van der Waals surface area contributed by atoms with Gasteiger partial charge < -0.3 is 10.8 Å². The van der Waals surface area contributed by atoms with E-state index < -0.39 is 0 Å². The van der Waals surface area contributed by atoms with E-state index in [1.165, 1.54) is 5.56 Å². The molecule has 3 N–H and O–H groups in total. The fraction of sp³-hybridized carbons (Fsp3) is 0.571. The van der Waals surface area contributed by atoms with Gasteiger partial charge in [0.2, 0.25) is 0 Å². The quantitative estimate of drug-likeness (QED) is 0.820. The van der Waals surface area contributed by atoms with Crippen LogP contribution in [0.1, 0.15) is 56.2 Å². The van der Waals surface area contributed by atoms with Gasteiger partial charge in [-0.3, -0.25) is 0 Å². The number of phenolic OH excluding ortho intramolecular Hbond substituents is 1. The number of hydrogen-bond acceptors (Lipinski definition) is 2. The molecular formula is C14H23NO. The van der Waals surface area contributed by atoms with Crippen LogP contribution in [-0.2, 0) is 6.42 Å². The highest BCUT2D eigenvalue weighted by molar-refractivity contribution is 5.48. The zero-order valence-electron chi connectivity index (χ0n) is 10.7. The monoisotopic (exact) mass is 221 g/mol. The maximum Gasteiger partial charge on any atom is 0.122 e. The lowest BCUT2D eigenvalue weighted by Crippen LogP contribution is -2.08. The number of rotatable bonds is 4. The summed E-state index contributed by atoms with van der Waals surface area (Å²) >= 11 is 0. The zero-order chi connectivity index (χ0) is 12.3. The van der Waals surface area contributed by atoms with Gasteiger partial charge in [-0.25, -0.2) is 0 Å². The highest BCUT2D eigenvalue weighted by Crippen LogP contribution is 2.34. The van der Waals surface area contributed by atoms with Crippen molar-refractivity contribution < 1.29 is 5.11 Å². The summed E-state index contributed by atoms with van der Waals surface area (Å²) in [5.41, 5.74) is 8.88. The summed E-state index contributed by atoms with van der Waals surface area (Å²) in [5.74, 6) is 1.22. The molecule has 2 nitrogen and oxygen atoms in total. The smallest absolute Gasteiger partial charge is 0.122 e. The highest BCUT2D eigenvalue weighted by Gasteiger charge is 2.15. The second-order valence-electron chi connectivity index (χ2n) is 4.92. The van der Waals surface area contributed by atoms with Crippen LogP contribution in [0.4, 0.5) is 0 Å². The Bertz CT molecular complexity index is 356. The lowest BCUT2D eigenvalue weighted by Gasteiger charge is -2.18.